The first kappa shape index (κ1) is 12.0. The molecule has 2 rings (SSSR count). The highest BCUT2D eigenvalue weighted by molar-refractivity contribution is 5.84. The maximum absolute atomic E-state index is 12.1. The molecule has 17 heavy (non-hydrogen) atoms. The second-order valence-corrected chi connectivity index (χ2v) is 4.83. The molecule has 1 fully saturated rings. The van der Waals surface area contributed by atoms with Gasteiger partial charge in [-0.3, -0.25) is 4.79 Å². The Morgan fingerprint density at radius 2 is 2.41 bits per heavy atom. The number of aromatic nitrogens is 3. The summed E-state index contributed by atoms with van der Waals surface area (Å²) in [5.41, 5.74) is 5.36. The fourth-order valence-corrected chi connectivity index (χ4v) is 2.23. The molecule has 0 radical (unpaired) electrons. The summed E-state index contributed by atoms with van der Waals surface area (Å²) >= 11 is 0. The van der Waals surface area contributed by atoms with Gasteiger partial charge in [0.1, 0.15) is 6.33 Å². The van der Waals surface area contributed by atoms with Crippen LogP contribution in [-0.2, 0) is 11.8 Å². The molecule has 0 aliphatic heterocycles. The van der Waals surface area contributed by atoms with Crippen LogP contribution >= 0.6 is 0 Å². The van der Waals surface area contributed by atoms with Crippen molar-refractivity contribution < 1.29 is 4.79 Å². The zero-order chi connectivity index (χ0) is 12.5. The van der Waals surface area contributed by atoms with E-state index in [1.54, 1.807) is 10.9 Å². The molecule has 6 nitrogen and oxygen atoms in total. The molecule has 1 atom stereocenters. The number of hydrogen-bond acceptors (Lipinski definition) is 4. The summed E-state index contributed by atoms with van der Waals surface area (Å²) in [6.45, 7) is 2.33. The Hall–Kier alpha value is -1.43. The number of aryl methyl sites for hydroxylation is 1. The van der Waals surface area contributed by atoms with Gasteiger partial charge in [0.2, 0.25) is 5.91 Å². The van der Waals surface area contributed by atoms with Gasteiger partial charge in [0.15, 0.2) is 5.82 Å². The fraction of sp³-hybridized carbons (Fsp3) is 0.727. The van der Waals surface area contributed by atoms with Gasteiger partial charge in [0.25, 0.3) is 0 Å². The van der Waals surface area contributed by atoms with Crippen molar-refractivity contribution in [1.29, 1.82) is 0 Å². The van der Waals surface area contributed by atoms with Gasteiger partial charge in [-0.1, -0.05) is 6.42 Å². The van der Waals surface area contributed by atoms with Gasteiger partial charge in [-0.05, 0) is 19.8 Å². The summed E-state index contributed by atoms with van der Waals surface area (Å²) in [6.07, 6.45) is 4.49. The molecule has 1 aromatic heterocycles. The Balaban J connectivity index is 2.02. The van der Waals surface area contributed by atoms with Gasteiger partial charge in [0.05, 0.1) is 11.5 Å². The average Bonchev–Trinajstić information content (AvgIpc) is 2.63. The highest BCUT2D eigenvalue weighted by Gasteiger charge is 2.43. The molecule has 1 heterocycles. The van der Waals surface area contributed by atoms with E-state index >= 15 is 0 Å². The second kappa shape index (κ2) is 4.44. The van der Waals surface area contributed by atoms with Crippen LogP contribution in [0.4, 0.5) is 0 Å². The maximum Gasteiger partial charge on any atom is 0.228 e. The molecule has 0 bridgehead atoms. The van der Waals surface area contributed by atoms with Crippen molar-refractivity contribution in [3.05, 3.63) is 12.2 Å². The SMILES string of the molecule is CC(NC(=O)C1(CN)CCC1)c1nncn1C. The summed E-state index contributed by atoms with van der Waals surface area (Å²) in [5.74, 6) is 0.798. The van der Waals surface area contributed by atoms with Crippen LogP contribution in [0.5, 0.6) is 0 Å². The molecular formula is C11H19N5O. The lowest BCUT2D eigenvalue weighted by Crippen LogP contribution is -2.51. The summed E-state index contributed by atoms with van der Waals surface area (Å²) < 4.78 is 1.81. The smallest absolute Gasteiger partial charge is 0.228 e. The Morgan fingerprint density at radius 3 is 2.82 bits per heavy atom. The molecule has 1 unspecified atom stereocenters. The zero-order valence-electron chi connectivity index (χ0n) is 10.3. The van der Waals surface area contributed by atoms with E-state index in [0.29, 0.717) is 6.54 Å². The van der Waals surface area contributed by atoms with Gasteiger partial charge in [0, 0.05) is 13.6 Å². The minimum Gasteiger partial charge on any atom is -0.346 e. The fourth-order valence-electron chi connectivity index (χ4n) is 2.23. The van der Waals surface area contributed by atoms with Crippen LogP contribution in [0.25, 0.3) is 0 Å². The van der Waals surface area contributed by atoms with E-state index in [1.807, 2.05) is 14.0 Å². The predicted octanol–water partition coefficient (Wildman–Crippen LogP) is 0.121. The number of amides is 1. The highest BCUT2D eigenvalue weighted by atomic mass is 16.2. The summed E-state index contributed by atoms with van der Waals surface area (Å²) in [5, 5.41) is 10.8. The Kier molecular flexibility index (Phi) is 3.15. The summed E-state index contributed by atoms with van der Waals surface area (Å²) in [7, 11) is 1.86. The Morgan fingerprint density at radius 1 is 1.71 bits per heavy atom. The van der Waals surface area contributed by atoms with Crippen molar-refractivity contribution in [2.45, 2.75) is 32.2 Å². The number of nitrogens with zero attached hydrogens (tertiary/aromatic N) is 3. The minimum absolute atomic E-state index is 0.0433. The Labute approximate surface area is 101 Å². The van der Waals surface area contributed by atoms with Gasteiger partial charge < -0.3 is 15.6 Å². The third kappa shape index (κ3) is 2.04. The number of carbonyl (C=O) groups is 1. The molecule has 1 amide bonds. The van der Waals surface area contributed by atoms with E-state index in [1.165, 1.54) is 0 Å². The van der Waals surface area contributed by atoms with E-state index in [4.69, 9.17) is 5.73 Å². The van der Waals surface area contributed by atoms with Crippen molar-refractivity contribution in [2.75, 3.05) is 6.54 Å². The molecule has 6 heteroatoms. The van der Waals surface area contributed by atoms with E-state index in [2.05, 4.69) is 15.5 Å². The first-order valence-corrected chi connectivity index (χ1v) is 5.94. The van der Waals surface area contributed by atoms with E-state index in [9.17, 15) is 4.79 Å². The highest BCUT2D eigenvalue weighted by Crippen LogP contribution is 2.40. The number of hydrogen-bond donors (Lipinski definition) is 2. The van der Waals surface area contributed by atoms with Crippen LogP contribution in [0.3, 0.4) is 0 Å². The molecular weight excluding hydrogens is 218 g/mol. The van der Waals surface area contributed by atoms with E-state index in [-0.39, 0.29) is 17.4 Å². The topological polar surface area (TPSA) is 85.8 Å². The van der Waals surface area contributed by atoms with Gasteiger partial charge in [-0.25, -0.2) is 0 Å². The van der Waals surface area contributed by atoms with Crippen molar-refractivity contribution in [2.24, 2.45) is 18.2 Å². The van der Waals surface area contributed by atoms with Crippen molar-refractivity contribution in [3.63, 3.8) is 0 Å². The monoisotopic (exact) mass is 237 g/mol. The van der Waals surface area contributed by atoms with E-state index in [0.717, 1.165) is 25.1 Å². The molecule has 1 saturated carbocycles. The lowest BCUT2D eigenvalue weighted by atomic mass is 9.68. The van der Waals surface area contributed by atoms with Crippen LogP contribution in [0, 0.1) is 5.41 Å². The van der Waals surface area contributed by atoms with Gasteiger partial charge in [-0.15, -0.1) is 10.2 Å². The zero-order valence-corrected chi connectivity index (χ0v) is 10.3. The largest absolute Gasteiger partial charge is 0.346 e. The normalized spacial score (nSPS) is 19.5. The van der Waals surface area contributed by atoms with Crippen LogP contribution in [0.1, 0.15) is 38.1 Å². The minimum atomic E-state index is -0.340. The predicted molar refractivity (Wildman–Crippen MR) is 62.9 cm³/mol. The van der Waals surface area contributed by atoms with Crippen LogP contribution < -0.4 is 11.1 Å². The molecule has 1 aromatic rings. The standard InChI is InChI=1S/C11H19N5O/c1-8(9-15-13-7-16(9)2)14-10(17)11(6-12)4-3-5-11/h7-8H,3-6,12H2,1-2H3,(H,14,17). The van der Waals surface area contributed by atoms with Crippen molar-refractivity contribution in [3.8, 4) is 0 Å². The van der Waals surface area contributed by atoms with Crippen molar-refractivity contribution >= 4 is 5.91 Å². The van der Waals surface area contributed by atoms with Crippen molar-refractivity contribution in [1.82, 2.24) is 20.1 Å². The summed E-state index contributed by atoms with van der Waals surface area (Å²) in [4.78, 5) is 12.1. The summed E-state index contributed by atoms with van der Waals surface area (Å²) in [6, 6.07) is -0.140. The molecule has 3 N–H and O–H groups in total. The molecule has 0 aromatic carbocycles. The van der Waals surface area contributed by atoms with Gasteiger partial charge >= 0.3 is 0 Å². The van der Waals surface area contributed by atoms with Crippen LogP contribution in [-0.4, -0.2) is 27.2 Å². The van der Waals surface area contributed by atoms with E-state index < -0.39 is 0 Å². The first-order chi connectivity index (χ1) is 8.09. The number of carbonyl (C=O) groups excluding carboxylic acids is 1. The quantitative estimate of drug-likeness (QED) is 0.779. The third-order valence-electron chi connectivity index (χ3n) is 3.66. The molecule has 1 aliphatic rings. The lowest BCUT2D eigenvalue weighted by molar-refractivity contribution is -0.136. The van der Waals surface area contributed by atoms with Gasteiger partial charge in [-0.2, -0.15) is 0 Å². The first-order valence-electron chi connectivity index (χ1n) is 5.94. The lowest BCUT2D eigenvalue weighted by Gasteiger charge is -2.39. The molecule has 0 saturated heterocycles. The number of nitrogens with one attached hydrogen (secondary N) is 1. The average molecular weight is 237 g/mol. The molecule has 94 valence electrons. The molecule has 1 aliphatic carbocycles. The Bertz CT molecular complexity index is 404. The van der Waals surface area contributed by atoms with Crippen LogP contribution in [0.2, 0.25) is 0 Å². The number of nitrogens with two attached hydrogens (primary N) is 1. The number of rotatable bonds is 4. The molecule has 0 spiro atoms. The third-order valence-corrected chi connectivity index (χ3v) is 3.66. The second-order valence-electron chi connectivity index (χ2n) is 4.83. The maximum atomic E-state index is 12.1. The van der Waals surface area contributed by atoms with Crippen LogP contribution in [0.15, 0.2) is 6.33 Å².